The van der Waals surface area contributed by atoms with E-state index < -0.39 is 0 Å². The van der Waals surface area contributed by atoms with Crippen molar-refractivity contribution in [3.05, 3.63) is 0 Å². The van der Waals surface area contributed by atoms with Crippen LogP contribution in [0.4, 0.5) is 0 Å². The molecular formula is C11H25NO2. The number of carbonyl (C=O) groups is 1. The molecule has 0 rings (SSSR count). The molecule has 0 spiro atoms. The van der Waals surface area contributed by atoms with Crippen LogP contribution in [-0.2, 0) is 9.53 Å². The van der Waals surface area contributed by atoms with E-state index in [1.807, 2.05) is 14.0 Å². The van der Waals surface area contributed by atoms with Crippen molar-refractivity contribution in [3.63, 3.8) is 0 Å². The molecule has 3 heteroatoms. The maximum atomic E-state index is 9.44. The van der Waals surface area contributed by atoms with Gasteiger partial charge < -0.3 is 14.8 Å². The van der Waals surface area contributed by atoms with E-state index in [2.05, 4.69) is 17.0 Å². The summed E-state index contributed by atoms with van der Waals surface area (Å²) in [6, 6.07) is 0. The molecule has 0 atom stereocenters. The summed E-state index contributed by atoms with van der Waals surface area (Å²) in [5.41, 5.74) is 0. The van der Waals surface area contributed by atoms with Crippen LogP contribution in [0.5, 0.6) is 0 Å². The fraction of sp³-hybridized carbons (Fsp3) is 0.909. The van der Waals surface area contributed by atoms with Crippen LogP contribution < -0.4 is 5.32 Å². The summed E-state index contributed by atoms with van der Waals surface area (Å²) in [4.78, 5) is 9.44. The second-order valence-electron chi connectivity index (χ2n) is 2.99. The third kappa shape index (κ3) is 22.6. The van der Waals surface area contributed by atoms with E-state index in [0.717, 1.165) is 6.29 Å². The second-order valence-corrected chi connectivity index (χ2v) is 2.99. The van der Waals surface area contributed by atoms with Gasteiger partial charge in [-0.2, -0.15) is 0 Å². The zero-order valence-corrected chi connectivity index (χ0v) is 9.84. The van der Waals surface area contributed by atoms with Gasteiger partial charge >= 0.3 is 0 Å². The average Bonchev–Trinajstić information content (AvgIpc) is 2.22. The van der Waals surface area contributed by atoms with Crippen LogP contribution in [-0.4, -0.2) is 33.1 Å². The van der Waals surface area contributed by atoms with Gasteiger partial charge in [0.15, 0.2) is 0 Å². The smallest absolute Gasteiger partial charge is 0.145 e. The number of carbonyl (C=O) groups excluding carboxylic acids is 1. The molecule has 1 N–H and O–H groups in total. The van der Waals surface area contributed by atoms with Gasteiger partial charge in [-0.3, -0.25) is 0 Å². The van der Waals surface area contributed by atoms with Gasteiger partial charge in [0.2, 0.25) is 0 Å². The molecule has 0 saturated carbocycles. The lowest BCUT2D eigenvalue weighted by atomic mass is 10.2. The van der Waals surface area contributed by atoms with Crippen molar-refractivity contribution in [2.75, 3.05) is 26.8 Å². The monoisotopic (exact) mass is 203 g/mol. The van der Waals surface area contributed by atoms with Crippen LogP contribution in [0.25, 0.3) is 0 Å². The van der Waals surface area contributed by atoms with Crippen molar-refractivity contribution in [1.82, 2.24) is 5.32 Å². The summed E-state index contributed by atoms with van der Waals surface area (Å²) < 4.78 is 4.61. The van der Waals surface area contributed by atoms with Crippen LogP contribution in [0.3, 0.4) is 0 Å². The van der Waals surface area contributed by atoms with E-state index in [4.69, 9.17) is 0 Å². The van der Waals surface area contributed by atoms with Crippen molar-refractivity contribution in [2.45, 2.75) is 39.5 Å². The summed E-state index contributed by atoms with van der Waals surface area (Å²) in [6.07, 6.45) is 6.19. The van der Waals surface area contributed by atoms with Gasteiger partial charge in [-0.1, -0.05) is 26.2 Å². The van der Waals surface area contributed by atoms with Crippen molar-refractivity contribution in [1.29, 1.82) is 0 Å². The largest absolute Gasteiger partial charge is 0.374 e. The first kappa shape index (κ1) is 16.0. The number of nitrogens with one attached hydrogen (secondary N) is 1. The summed E-state index contributed by atoms with van der Waals surface area (Å²) in [5, 5.41) is 3.13. The summed E-state index contributed by atoms with van der Waals surface area (Å²) in [5.74, 6) is 0. The number of unbranched alkanes of at least 4 members (excludes halogenated alkanes) is 3. The highest BCUT2D eigenvalue weighted by Gasteiger charge is 1.82. The quantitative estimate of drug-likeness (QED) is 0.484. The normalized spacial score (nSPS) is 9.07. The van der Waals surface area contributed by atoms with E-state index in [1.54, 1.807) is 0 Å². The minimum atomic E-state index is 0.233. The third-order valence-electron chi connectivity index (χ3n) is 1.67. The lowest BCUT2D eigenvalue weighted by molar-refractivity contribution is -0.111. The molecule has 0 aliphatic carbocycles. The number of rotatable bonds is 8. The number of ether oxygens (including phenoxy) is 1. The number of hydrogen-bond acceptors (Lipinski definition) is 3. The highest BCUT2D eigenvalue weighted by molar-refractivity contribution is 5.50. The minimum Gasteiger partial charge on any atom is -0.374 e. The molecule has 0 aliphatic heterocycles. The third-order valence-corrected chi connectivity index (χ3v) is 1.67. The Morgan fingerprint density at radius 2 is 1.93 bits per heavy atom. The van der Waals surface area contributed by atoms with Crippen LogP contribution in [0, 0.1) is 0 Å². The van der Waals surface area contributed by atoms with Gasteiger partial charge in [0, 0.05) is 6.61 Å². The first-order valence-electron chi connectivity index (χ1n) is 5.49. The van der Waals surface area contributed by atoms with Crippen molar-refractivity contribution >= 4 is 6.29 Å². The first-order valence-corrected chi connectivity index (χ1v) is 5.49. The molecule has 14 heavy (non-hydrogen) atoms. The van der Waals surface area contributed by atoms with Gasteiger partial charge in [-0.25, -0.2) is 0 Å². The summed E-state index contributed by atoms with van der Waals surface area (Å²) >= 11 is 0. The fourth-order valence-electron chi connectivity index (χ4n) is 0.895. The zero-order valence-electron chi connectivity index (χ0n) is 9.84. The lowest BCUT2D eigenvalue weighted by Crippen LogP contribution is -2.06. The molecule has 0 bridgehead atoms. The minimum absolute atomic E-state index is 0.233. The Bertz CT molecular complexity index is 91.3. The maximum Gasteiger partial charge on any atom is 0.145 e. The molecule has 0 aromatic rings. The summed E-state index contributed by atoms with van der Waals surface area (Å²) in [7, 11) is 2.01. The molecule has 0 aliphatic rings. The predicted molar refractivity (Wildman–Crippen MR) is 60.6 cm³/mol. The van der Waals surface area contributed by atoms with Crippen LogP contribution >= 0.6 is 0 Å². The molecule has 0 heterocycles. The van der Waals surface area contributed by atoms with Crippen molar-refractivity contribution < 1.29 is 9.53 Å². The number of hydrogen-bond donors (Lipinski definition) is 1. The van der Waals surface area contributed by atoms with Crippen molar-refractivity contribution in [3.8, 4) is 0 Å². The van der Waals surface area contributed by atoms with Gasteiger partial charge in [0.1, 0.15) is 12.9 Å². The van der Waals surface area contributed by atoms with E-state index in [1.165, 1.54) is 32.2 Å². The topological polar surface area (TPSA) is 38.3 Å². The molecule has 0 aromatic carbocycles. The molecule has 3 nitrogen and oxygen atoms in total. The van der Waals surface area contributed by atoms with Crippen molar-refractivity contribution in [2.24, 2.45) is 0 Å². The molecule has 0 unspecified atom stereocenters. The molecule has 0 aromatic heterocycles. The Balaban J connectivity index is 0. The fourth-order valence-corrected chi connectivity index (χ4v) is 0.895. The average molecular weight is 203 g/mol. The highest BCUT2D eigenvalue weighted by Crippen LogP contribution is 1.96. The Morgan fingerprint density at radius 1 is 1.21 bits per heavy atom. The van der Waals surface area contributed by atoms with Crippen LogP contribution in [0.15, 0.2) is 0 Å². The first-order chi connectivity index (χ1) is 6.83. The molecule has 0 amide bonds. The SMILES string of the molecule is CCCCCCNC.CCOCC=O. The zero-order chi connectivity index (χ0) is 11.1. The lowest BCUT2D eigenvalue weighted by Gasteiger charge is -1.95. The summed E-state index contributed by atoms with van der Waals surface area (Å²) in [6.45, 7) is 6.12. The number of aldehydes is 1. The Morgan fingerprint density at radius 3 is 2.29 bits per heavy atom. The molecular weight excluding hydrogens is 178 g/mol. The van der Waals surface area contributed by atoms with E-state index in [-0.39, 0.29) is 6.61 Å². The Labute approximate surface area is 88.2 Å². The highest BCUT2D eigenvalue weighted by atomic mass is 16.5. The van der Waals surface area contributed by atoms with Gasteiger partial charge in [-0.05, 0) is 26.9 Å². The second kappa shape index (κ2) is 18.4. The maximum absolute atomic E-state index is 9.44. The van der Waals surface area contributed by atoms with E-state index in [9.17, 15) is 4.79 Å². The molecule has 0 radical (unpaired) electrons. The van der Waals surface area contributed by atoms with Gasteiger partial charge in [0.05, 0.1) is 0 Å². The standard InChI is InChI=1S/C7H17N.C4H8O2/c1-3-4-5-6-7-8-2;1-2-6-4-3-5/h8H,3-7H2,1-2H3;3H,2,4H2,1H3. The van der Waals surface area contributed by atoms with Crippen LogP contribution in [0.1, 0.15) is 39.5 Å². The molecule has 86 valence electrons. The Hall–Kier alpha value is -0.410. The van der Waals surface area contributed by atoms with Gasteiger partial charge in [-0.15, -0.1) is 0 Å². The predicted octanol–water partition coefficient (Wildman–Crippen LogP) is 2.01. The Kier molecular flexibility index (Phi) is 21.1. The van der Waals surface area contributed by atoms with Crippen LogP contribution in [0.2, 0.25) is 0 Å². The van der Waals surface area contributed by atoms with Gasteiger partial charge in [0.25, 0.3) is 0 Å². The molecule has 0 saturated heterocycles. The van der Waals surface area contributed by atoms with E-state index in [0.29, 0.717) is 6.61 Å². The molecule has 0 fully saturated rings. The van der Waals surface area contributed by atoms with E-state index >= 15 is 0 Å².